The number of Topliss-reactive ketones (excluding diaryl/α,β-unsaturated/α-hetero) is 1. The standard InChI is InChI=1S/C27H26ClF3N2O/c28-20-10-11-23-22(14-20)24(15-26(33-23)27(29,30)31)32-21-3-1-2-16(12-21)13-25(34)19-8-6-18(7-9-19)17-4-5-17/h6-11,14-17,21H,1-5,12-13H2,(H,32,33)/t16-,21+/m1/s1. The Morgan fingerprint density at radius 3 is 2.50 bits per heavy atom. The van der Waals surface area contributed by atoms with Crippen molar-refractivity contribution in [1.29, 1.82) is 0 Å². The quantitative estimate of drug-likeness (QED) is 0.358. The molecule has 1 heterocycles. The summed E-state index contributed by atoms with van der Waals surface area (Å²) in [5, 5.41) is 4.33. The van der Waals surface area contributed by atoms with E-state index in [1.807, 2.05) is 12.1 Å². The number of aromatic nitrogens is 1. The van der Waals surface area contributed by atoms with Gasteiger partial charge in [-0.25, -0.2) is 4.98 Å². The van der Waals surface area contributed by atoms with Crippen LogP contribution in [-0.2, 0) is 6.18 Å². The van der Waals surface area contributed by atoms with E-state index in [9.17, 15) is 18.0 Å². The van der Waals surface area contributed by atoms with Gasteiger partial charge in [-0.15, -0.1) is 0 Å². The van der Waals surface area contributed by atoms with E-state index < -0.39 is 11.9 Å². The number of rotatable bonds is 6. The number of nitrogens with zero attached hydrogens (tertiary/aromatic N) is 1. The topological polar surface area (TPSA) is 42.0 Å². The second kappa shape index (κ2) is 9.21. The average molecular weight is 487 g/mol. The number of benzene rings is 2. The highest BCUT2D eigenvalue weighted by Crippen LogP contribution is 2.40. The molecule has 1 N–H and O–H groups in total. The minimum atomic E-state index is -4.54. The molecule has 0 amide bonds. The summed E-state index contributed by atoms with van der Waals surface area (Å²) in [7, 11) is 0. The fourth-order valence-corrected chi connectivity index (χ4v) is 5.20. The van der Waals surface area contributed by atoms with E-state index >= 15 is 0 Å². The smallest absolute Gasteiger partial charge is 0.382 e. The summed E-state index contributed by atoms with van der Waals surface area (Å²) in [4.78, 5) is 16.7. The van der Waals surface area contributed by atoms with Gasteiger partial charge in [-0.05, 0) is 73.8 Å². The molecule has 2 aliphatic rings. The fraction of sp³-hybridized carbons (Fsp3) is 0.407. The molecular weight excluding hydrogens is 461 g/mol. The molecule has 2 aromatic carbocycles. The van der Waals surface area contributed by atoms with E-state index in [4.69, 9.17) is 11.6 Å². The molecular formula is C27H26ClF3N2O. The lowest BCUT2D eigenvalue weighted by Crippen LogP contribution is -2.28. The van der Waals surface area contributed by atoms with Gasteiger partial charge in [0.05, 0.1) is 5.52 Å². The first kappa shape index (κ1) is 23.2. The highest BCUT2D eigenvalue weighted by molar-refractivity contribution is 6.31. The SMILES string of the molecule is O=C(C[C@@H]1CCC[C@H](Nc2cc(C(F)(F)F)nc3ccc(Cl)cc23)C1)c1ccc(C2CC2)cc1. The maximum Gasteiger partial charge on any atom is 0.433 e. The van der Waals surface area contributed by atoms with Gasteiger partial charge in [0, 0.05) is 34.1 Å². The summed E-state index contributed by atoms with van der Waals surface area (Å²) in [5.41, 5.74) is 1.75. The minimum Gasteiger partial charge on any atom is -0.382 e. The molecule has 0 unspecified atom stereocenters. The Morgan fingerprint density at radius 2 is 1.79 bits per heavy atom. The Bertz CT molecular complexity index is 1200. The summed E-state index contributed by atoms with van der Waals surface area (Å²) < 4.78 is 40.3. The lowest BCUT2D eigenvalue weighted by molar-refractivity contribution is -0.140. The zero-order valence-corrected chi connectivity index (χ0v) is 19.4. The molecule has 5 rings (SSSR count). The number of pyridine rings is 1. The van der Waals surface area contributed by atoms with Crippen molar-refractivity contribution in [2.45, 2.75) is 63.1 Å². The first-order valence-electron chi connectivity index (χ1n) is 11.8. The Labute approximate surface area is 201 Å². The number of hydrogen-bond acceptors (Lipinski definition) is 3. The highest BCUT2D eigenvalue weighted by Gasteiger charge is 2.34. The van der Waals surface area contributed by atoms with Crippen molar-refractivity contribution in [3.8, 4) is 0 Å². The number of alkyl halides is 3. The number of hydrogen-bond donors (Lipinski definition) is 1. The van der Waals surface area contributed by atoms with Crippen LogP contribution < -0.4 is 5.32 Å². The molecule has 0 radical (unpaired) electrons. The molecule has 2 aliphatic carbocycles. The van der Waals surface area contributed by atoms with Crippen LogP contribution in [0.3, 0.4) is 0 Å². The third-order valence-corrected chi connectivity index (χ3v) is 7.19. The molecule has 3 aromatic rings. The first-order valence-corrected chi connectivity index (χ1v) is 12.2. The van der Waals surface area contributed by atoms with Gasteiger partial charge < -0.3 is 5.32 Å². The van der Waals surface area contributed by atoms with Crippen molar-refractivity contribution in [2.24, 2.45) is 5.92 Å². The van der Waals surface area contributed by atoms with Gasteiger partial charge in [-0.1, -0.05) is 42.3 Å². The van der Waals surface area contributed by atoms with Gasteiger partial charge in [-0.2, -0.15) is 13.2 Å². The molecule has 7 heteroatoms. The summed E-state index contributed by atoms with van der Waals surface area (Å²) in [5.74, 6) is 0.987. The molecule has 0 bridgehead atoms. The third-order valence-electron chi connectivity index (χ3n) is 6.96. The van der Waals surface area contributed by atoms with Gasteiger partial charge in [0.1, 0.15) is 5.69 Å². The van der Waals surface area contributed by atoms with Crippen molar-refractivity contribution >= 4 is 34.0 Å². The number of halogens is 4. The largest absolute Gasteiger partial charge is 0.433 e. The average Bonchev–Trinajstić information content (AvgIpc) is 3.64. The molecule has 34 heavy (non-hydrogen) atoms. The van der Waals surface area contributed by atoms with Crippen molar-refractivity contribution in [3.05, 3.63) is 70.4 Å². The van der Waals surface area contributed by atoms with Crippen LogP contribution in [-0.4, -0.2) is 16.8 Å². The van der Waals surface area contributed by atoms with E-state index in [0.717, 1.165) is 37.3 Å². The lowest BCUT2D eigenvalue weighted by atomic mass is 9.81. The lowest BCUT2D eigenvalue weighted by Gasteiger charge is -2.30. The van der Waals surface area contributed by atoms with E-state index in [-0.39, 0.29) is 23.3 Å². The summed E-state index contributed by atoms with van der Waals surface area (Å²) in [6, 6.07) is 13.7. The molecule has 2 saturated carbocycles. The number of carbonyl (C=O) groups excluding carboxylic acids is 1. The first-order chi connectivity index (χ1) is 16.3. The number of carbonyl (C=O) groups is 1. The Morgan fingerprint density at radius 1 is 1.03 bits per heavy atom. The monoisotopic (exact) mass is 486 g/mol. The van der Waals surface area contributed by atoms with Crippen molar-refractivity contribution < 1.29 is 18.0 Å². The van der Waals surface area contributed by atoms with Crippen LogP contribution in [0.25, 0.3) is 10.9 Å². The summed E-state index contributed by atoms with van der Waals surface area (Å²) >= 11 is 6.12. The van der Waals surface area contributed by atoms with Crippen LogP contribution in [0.4, 0.5) is 18.9 Å². The normalized spacial score (nSPS) is 20.9. The molecule has 0 aliphatic heterocycles. The number of nitrogens with one attached hydrogen (secondary N) is 1. The number of fused-ring (bicyclic) bond motifs is 1. The van der Waals surface area contributed by atoms with Gasteiger partial charge in [0.25, 0.3) is 0 Å². The zero-order valence-electron chi connectivity index (χ0n) is 18.7. The van der Waals surface area contributed by atoms with E-state index in [2.05, 4.69) is 22.4 Å². The van der Waals surface area contributed by atoms with Gasteiger partial charge in [0.2, 0.25) is 0 Å². The van der Waals surface area contributed by atoms with Crippen LogP contribution in [0.2, 0.25) is 5.02 Å². The molecule has 3 nitrogen and oxygen atoms in total. The van der Waals surface area contributed by atoms with Gasteiger partial charge in [-0.3, -0.25) is 4.79 Å². The second-order valence-corrected chi connectivity index (χ2v) is 10.0. The summed E-state index contributed by atoms with van der Waals surface area (Å²) in [6.07, 6.45) is 1.82. The maximum absolute atomic E-state index is 13.4. The summed E-state index contributed by atoms with van der Waals surface area (Å²) in [6.45, 7) is 0. The van der Waals surface area contributed by atoms with Gasteiger partial charge >= 0.3 is 6.18 Å². The zero-order chi connectivity index (χ0) is 23.9. The molecule has 0 saturated heterocycles. The fourth-order valence-electron chi connectivity index (χ4n) is 5.03. The third kappa shape index (κ3) is 5.22. The molecule has 2 atom stereocenters. The Kier molecular flexibility index (Phi) is 6.28. The van der Waals surface area contributed by atoms with Crippen molar-refractivity contribution in [2.75, 3.05) is 5.32 Å². The minimum absolute atomic E-state index is 0.0190. The van der Waals surface area contributed by atoms with E-state index in [1.165, 1.54) is 24.5 Å². The molecule has 2 fully saturated rings. The predicted molar refractivity (Wildman–Crippen MR) is 128 cm³/mol. The van der Waals surface area contributed by atoms with E-state index in [1.54, 1.807) is 12.1 Å². The second-order valence-electron chi connectivity index (χ2n) is 9.61. The van der Waals surface area contributed by atoms with Crippen LogP contribution in [0.1, 0.15) is 72.5 Å². The molecule has 0 spiro atoms. The van der Waals surface area contributed by atoms with Crippen molar-refractivity contribution in [1.82, 2.24) is 4.98 Å². The Balaban J connectivity index is 1.30. The number of anilines is 1. The Hall–Kier alpha value is -2.60. The highest BCUT2D eigenvalue weighted by atomic mass is 35.5. The van der Waals surface area contributed by atoms with Crippen LogP contribution >= 0.6 is 11.6 Å². The molecule has 1 aromatic heterocycles. The number of ketones is 1. The van der Waals surface area contributed by atoms with Crippen LogP contribution in [0.5, 0.6) is 0 Å². The van der Waals surface area contributed by atoms with Crippen LogP contribution in [0, 0.1) is 5.92 Å². The van der Waals surface area contributed by atoms with Crippen LogP contribution in [0.15, 0.2) is 48.5 Å². The van der Waals surface area contributed by atoms with E-state index in [0.29, 0.717) is 28.4 Å². The van der Waals surface area contributed by atoms with Crippen molar-refractivity contribution in [3.63, 3.8) is 0 Å². The predicted octanol–water partition coefficient (Wildman–Crippen LogP) is 8.03. The molecule has 178 valence electrons. The maximum atomic E-state index is 13.4. The van der Waals surface area contributed by atoms with Gasteiger partial charge in [0.15, 0.2) is 5.78 Å².